The molecule has 0 radical (unpaired) electrons. The molecule has 0 amide bonds. The van der Waals surface area contributed by atoms with E-state index in [9.17, 15) is 13.2 Å². The predicted octanol–water partition coefficient (Wildman–Crippen LogP) is 2.82. The highest BCUT2D eigenvalue weighted by Gasteiger charge is 2.36. The molecule has 0 atom stereocenters. The molecule has 1 saturated heterocycles. The Morgan fingerprint density at radius 1 is 0.909 bits per heavy atom. The Balaban J connectivity index is 1.75. The molecule has 7 heteroatoms. The Morgan fingerprint density at radius 3 is 2.18 bits per heavy atom. The molecule has 1 aliphatic rings. The van der Waals surface area contributed by atoms with Crippen LogP contribution in [-0.4, -0.2) is 36.1 Å². The molecule has 0 spiro atoms. The van der Waals surface area contributed by atoms with E-state index in [1.54, 1.807) is 4.90 Å². The van der Waals surface area contributed by atoms with Gasteiger partial charge in [0.05, 0.1) is 0 Å². The Labute approximate surface area is 126 Å². The van der Waals surface area contributed by atoms with Crippen molar-refractivity contribution in [2.45, 2.75) is 6.18 Å². The van der Waals surface area contributed by atoms with Gasteiger partial charge in [0.15, 0.2) is 0 Å². The minimum Gasteiger partial charge on any atom is -0.368 e. The van der Waals surface area contributed by atoms with Crippen LogP contribution in [0.4, 0.5) is 24.7 Å². The van der Waals surface area contributed by atoms with E-state index in [0.29, 0.717) is 26.2 Å². The van der Waals surface area contributed by atoms with Crippen LogP contribution in [0.25, 0.3) is 0 Å². The molecule has 116 valence electrons. The highest BCUT2D eigenvalue weighted by Crippen LogP contribution is 2.35. The van der Waals surface area contributed by atoms with Crippen LogP contribution in [0.1, 0.15) is 5.56 Å². The molecule has 0 bridgehead atoms. The van der Waals surface area contributed by atoms with Gasteiger partial charge in [0, 0.05) is 38.1 Å². The number of benzene rings is 1. The number of rotatable bonds is 2. The van der Waals surface area contributed by atoms with E-state index in [2.05, 4.69) is 14.9 Å². The first-order chi connectivity index (χ1) is 10.6. The third kappa shape index (κ3) is 2.98. The fourth-order valence-electron chi connectivity index (χ4n) is 2.59. The Hall–Kier alpha value is -2.31. The van der Waals surface area contributed by atoms with Crippen LogP contribution in [0.2, 0.25) is 0 Å². The summed E-state index contributed by atoms with van der Waals surface area (Å²) in [7, 11) is 0. The van der Waals surface area contributed by atoms with Crippen molar-refractivity contribution in [3.63, 3.8) is 0 Å². The van der Waals surface area contributed by atoms with Crippen LogP contribution in [0, 0.1) is 0 Å². The third-order valence-electron chi connectivity index (χ3n) is 3.70. The van der Waals surface area contributed by atoms with E-state index in [4.69, 9.17) is 0 Å². The summed E-state index contributed by atoms with van der Waals surface area (Å²) in [6, 6.07) is 9.85. The molecule has 1 aromatic heterocycles. The van der Waals surface area contributed by atoms with Gasteiger partial charge in [0.25, 0.3) is 0 Å². The van der Waals surface area contributed by atoms with Gasteiger partial charge >= 0.3 is 6.18 Å². The average Bonchev–Trinajstić information content (AvgIpc) is 2.55. The van der Waals surface area contributed by atoms with E-state index < -0.39 is 11.7 Å². The topological polar surface area (TPSA) is 32.3 Å². The van der Waals surface area contributed by atoms with Crippen molar-refractivity contribution in [1.82, 2.24) is 9.97 Å². The van der Waals surface area contributed by atoms with Gasteiger partial charge < -0.3 is 9.80 Å². The van der Waals surface area contributed by atoms with Gasteiger partial charge in [-0.05, 0) is 12.1 Å². The number of halogens is 3. The fraction of sp³-hybridized carbons (Fsp3) is 0.333. The van der Waals surface area contributed by atoms with E-state index in [-0.39, 0.29) is 5.82 Å². The number of hydrogen-bond donors (Lipinski definition) is 0. The first kappa shape index (κ1) is 14.6. The summed E-state index contributed by atoms with van der Waals surface area (Å²) in [5.41, 5.74) is 0.309. The minimum atomic E-state index is -4.44. The third-order valence-corrected chi connectivity index (χ3v) is 3.70. The largest absolute Gasteiger partial charge is 0.421 e. The second-order valence-electron chi connectivity index (χ2n) is 5.07. The Kier molecular flexibility index (Phi) is 3.87. The molecule has 1 fully saturated rings. The van der Waals surface area contributed by atoms with Crippen molar-refractivity contribution in [3.05, 3.63) is 48.4 Å². The number of alkyl halides is 3. The molecule has 2 heterocycles. The summed E-state index contributed by atoms with van der Waals surface area (Å²) in [4.78, 5) is 11.2. The summed E-state index contributed by atoms with van der Waals surface area (Å²) in [5.74, 6) is -0.0322. The van der Waals surface area contributed by atoms with Crippen LogP contribution < -0.4 is 9.80 Å². The van der Waals surface area contributed by atoms with Gasteiger partial charge in [0.2, 0.25) is 0 Å². The van der Waals surface area contributed by atoms with Crippen molar-refractivity contribution in [3.8, 4) is 0 Å². The fourth-order valence-corrected chi connectivity index (χ4v) is 2.59. The molecule has 0 saturated carbocycles. The monoisotopic (exact) mass is 308 g/mol. The lowest BCUT2D eigenvalue weighted by Crippen LogP contribution is -2.47. The van der Waals surface area contributed by atoms with Crippen molar-refractivity contribution in [2.24, 2.45) is 0 Å². The standard InChI is InChI=1S/C15H15F3N4/c16-15(17,18)13-10-19-11-20-14(13)22-8-6-21(7-9-22)12-4-2-1-3-5-12/h1-5,10-11H,6-9H2. The van der Waals surface area contributed by atoms with Gasteiger partial charge in [-0.15, -0.1) is 0 Å². The zero-order valence-electron chi connectivity index (χ0n) is 11.8. The van der Waals surface area contributed by atoms with E-state index >= 15 is 0 Å². The molecule has 3 rings (SSSR count). The second kappa shape index (κ2) is 5.82. The summed E-state index contributed by atoms with van der Waals surface area (Å²) >= 11 is 0. The summed E-state index contributed by atoms with van der Waals surface area (Å²) < 4.78 is 39.1. The number of hydrogen-bond acceptors (Lipinski definition) is 4. The molecule has 0 unspecified atom stereocenters. The lowest BCUT2D eigenvalue weighted by molar-refractivity contribution is -0.137. The highest BCUT2D eigenvalue weighted by molar-refractivity contribution is 5.51. The van der Waals surface area contributed by atoms with Crippen molar-refractivity contribution >= 4 is 11.5 Å². The van der Waals surface area contributed by atoms with Crippen molar-refractivity contribution < 1.29 is 13.2 Å². The smallest absolute Gasteiger partial charge is 0.368 e. The molecule has 1 aliphatic heterocycles. The first-order valence-electron chi connectivity index (χ1n) is 6.98. The van der Waals surface area contributed by atoms with Gasteiger partial charge in [-0.2, -0.15) is 13.2 Å². The van der Waals surface area contributed by atoms with Crippen LogP contribution >= 0.6 is 0 Å². The number of anilines is 2. The lowest BCUT2D eigenvalue weighted by Gasteiger charge is -2.37. The van der Waals surface area contributed by atoms with Crippen molar-refractivity contribution in [2.75, 3.05) is 36.0 Å². The molecular weight excluding hydrogens is 293 g/mol. The number of piperazine rings is 1. The normalized spacial score (nSPS) is 16.0. The van der Waals surface area contributed by atoms with Crippen LogP contribution in [0.3, 0.4) is 0 Å². The number of aromatic nitrogens is 2. The molecule has 4 nitrogen and oxygen atoms in total. The zero-order valence-corrected chi connectivity index (χ0v) is 11.8. The summed E-state index contributed by atoms with van der Waals surface area (Å²) in [6.45, 7) is 2.31. The molecule has 1 aromatic carbocycles. The minimum absolute atomic E-state index is 0.0322. The first-order valence-corrected chi connectivity index (χ1v) is 6.98. The molecule has 22 heavy (non-hydrogen) atoms. The van der Waals surface area contributed by atoms with Crippen LogP contribution in [0.5, 0.6) is 0 Å². The maximum Gasteiger partial charge on any atom is 0.421 e. The second-order valence-corrected chi connectivity index (χ2v) is 5.07. The Bertz CT molecular complexity index is 622. The van der Waals surface area contributed by atoms with Gasteiger partial charge in [-0.3, -0.25) is 0 Å². The molecular formula is C15H15F3N4. The summed E-state index contributed by atoms with van der Waals surface area (Å²) in [6.07, 6.45) is -2.44. The van der Waals surface area contributed by atoms with Crippen LogP contribution in [0.15, 0.2) is 42.9 Å². The van der Waals surface area contributed by atoms with Crippen LogP contribution in [-0.2, 0) is 6.18 Å². The maximum atomic E-state index is 13.0. The molecule has 2 aromatic rings. The Morgan fingerprint density at radius 2 is 1.55 bits per heavy atom. The SMILES string of the molecule is FC(F)(F)c1cncnc1N1CCN(c2ccccc2)CC1. The maximum absolute atomic E-state index is 13.0. The van der Waals surface area contributed by atoms with Gasteiger partial charge in [-0.25, -0.2) is 9.97 Å². The van der Waals surface area contributed by atoms with E-state index in [0.717, 1.165) is 18.2 Å². The predicted molar refractivity (Wildman–Crippen MR) is 77.9 cm³/mol. The molecule has 0 aliphatic carbocycles. The average molecular weight is 308 g/mol. The number of para-hydroxylation sites is 1. The zero-order chi connectivity index (χ0) is 15.6. The quantitative estimate of drug-likeness (QED) is 0.854. The molecule has 0 N–H and O–H groups in total. The summed E-state index contributed by atoms with van der Waals surface area (Å²) in [5, 5.41) is 0. The van der Waals surface area contributed by atoms with Gasteiger partial charge in [-0.1, -0.05) is 18.2 Å². The van der Waals surface area contributed by atoms with E-state index in [1.807, 2.05) is 30.3 Å². The highest BCUT2D eigenvalue weighted by atomic mass is 19.4. The van der Waals surface area contributed by atoms with Crippen molar-refractivity contribution in [1.29, 1.82) is 0 Å². The lowest BCUT2D eigenvalue weighted by atomic mass is 10.2. The van der Waals surface area contributed by atoms with Gasteiger partial charge in [0.1, 0.15) is 17.7 Å². The number of nitrogens with zero attached hydrogens (tertiary/aromatic N) is 4. The van der Waals surface area contributed by atoms with E-state index in [1.165, 1.54) is 0 Å².